The van der Waals surface area contributed by atoms with Crippen molar-refractivity contribution in [1.29, 1.82) is 0 Å². The maximum Gasteiger partial charge on any atom is 0.160 e. The van der Waals surface area contributed by atoms with Crippen LogP contribution in [0.25, 0.3) is 89.1 Å². The molecule has 4 heteroatoms. The summed E-state index contributed by atoms with van der Waals surface area (Å²) in [6, 6.07) is 80.8. The van der Waals surface area contributed by atoms with Gasteiger partial charge in [-0.05, 0) is 86.3 Å². The normalized spacial score (nSPS) is 13.1. The highest BCUT2D eigenvalue weighted by Crippen LogP contribution is 2.63. The van der Waals surface area contributed by atoms with Crippen molar-refractivity contribution < 1.29 is 0 Å². The van der Waals surface area contributed by atoms with Gasteiger partial charge in [0.05, 0.1) is 28.0 Å². The molecule has 0 amide bonds. The number of benzene rings is 9. The fraction of sp³-hybridized carbons (Fsp3) is 0.0167. The minimum atomic E-state index is -0.455. The van der Waals surface area contributed by atoms with E-state index in [1.807, 2.05) is 36.0 Å². The molecule has 2 aliphatic rings. The Labute approximate surface area is 375 Å². The highest BCUT2D eigenvalue weighted by Gasteiger charge is 2.50. The van der Waals surface area contributed by atoms with Crippen LogP contribution in [-0.4, -0.2) is 15.0 Å². The molecule has 2 aromatic heterocycles. The molecule has 298 valence electrons. The molecular weight excluding hydrogens is 795 g/mol. The van der Waals surface area contributed by atoms with Gasteiger partial charge in [-0.3, -0.25) is 0 Å². The Balaban J connectivity index is 0.974. The summed E-state index contributed by atoms with van der Waals surface area (Å²) in [5.74, 6) is 0.695. The van der Waals surface area contributed by atoms with Gasteiger partial charge in [0.2, 0.25) is 0 Å². The van der Waals surface area contributed by atoms with E-state index in [9.17, 15) is 0 Å². The van der Waals surface area contributed by atoms with E-state index < -0.39 is 5.41 Å². The number of pyridine rings is 1. The van der Waals surface area contributed by atoms with Gasteiger partial charge in [0.25, 0.3) is 0 Å². The van der Waals surface area contributed by atoms with E-state index in [0.29, 0.717) is 5.82 Å². The van der Waals surface area contributed by atoms with Gasteiger partial charge in [0.15, 0.2) is 5.82 Å². The first-order valence-corrected chi connectivity index (χ1v) is 22.6. The van der Waals surface area contributed by atoms with Crippen LogP contribution in [0, 0.1) is 0 Å². The van der Waals surface area contributed by atoms with E-state index >= 15 is 0 Å². The summed E-state index contributed by atoms with van der Waals surface area (Å²) in [5, 5.41) is 3.49. The number of hydrogen-bond acceptors (Lipinski definition) is 4. The summed E-state index contributed by atoms with van der Waals surface area (Å²) in [6.45, 7) is 0. The molecule has 9 aromatic carbocycles. The zero-order chi connectivity index (χ0) is 42.2. The molecular formula is C60H37N3S. The minimum Gasteiger partial charge on any atom is -0.247 e. The fourth-order valence-corrected chi connectivity index (χ4v) is 11.4. The summed E-state index contributed by atoms with van der Waals surface area (Å²) in [4.78, 5) is 18.3. The molecule has 3 nitrogen and oxygen atoms in total. The lowest BCUT2D eigenvalue weighted by Gasteiger charge is -2.39. The number of fused-ring (bicyclic) bond motifs is 12. The van der Waals surface area contributed by atoms with E-state index in [2.05, 4.69) is 200 Å². The van der Waals surface area contributed by atoms with Gasteiger partial charge in [0, 0.05) is 42.8 Å². The largest absolute Gasteiger partial charge is 0.247 e. The second kappa shape index (κ2) is 14.6. The monoisotopic (exact) mass is 831 g/mol. The van der Waals surface area contributed by atoms with Crippen LogP contribution in [0.15, 0.2) is 234 Å². The smallest absolute Gasteiger partial charge is 0.160 e. The number of hydrogen-bond donors (Lipinski definition) is 0. The predicted molar refractivity (Wildman–Crippen MR) is 263 cm³/mol. The lowest BCUT2D eigenvalue weighted by molar-refractivity contribution is 0.723. The standard InChI is InChI=1S/C60H37N3S/c1-3-15-38(16-4-1)39-27-29-40(30-28-39)54-37-55(63-59(62-54)43-17-5-2-6-18-43)41-31-33-42(34-32-41)58-48-35-47-44-19-7-9-21-49(44)60(52(47)36-46(48)45-20-8-12-24-53(45)61-58)50-22-10-13-25-56(50)64-57-26-14-11-23-51(57)60/h1-37H. The molecule has 0 fully saturated rings. The van der Waals surface area contributed by atoms with E-state index in [1.54, 1.807) is 0 Å². The Morgan fingerprint density at radius 2 is 0.828 bits per heavy atom. The number of para-hydroxylation sites is 1. The fourth-order valence-electron chi connectivity index (χ4n) is 10.2. The first kappa shape index (κ1) is 36.7. The summed E-state index contributed by atoms with van der Waals surface area (Å²) in [7, 11) is 0. The summed E-state index contributed by atoms with van der Waals surface area (Å²) >= 11 is 1.88. The number of aromatic nitrogens is 3. The minimum absolute atomic E-state index is 0.455. The highest BCUT2D eigenvalue weighted by atomic mass is 32.2. The van der Waals surface area contributed by atoms with Crippen LogP contribution >= 0.6 is 11.8 Å². The van der Waals surface area contributed by atoms with Crippen molar-refractivity contribution in [1.82, 2.24) is 15.0 Å². The Bertz CT molecular complexity index is 3570. The third-order valence-electron chi connectivity index (χ3n) is 13.2. The topological polar surface area (TPSA) is 38.7 Å². The molecule has 11 aromatic rings. The average molecular weight is 832 g/mol. The van der Waals surface area contributed by atoms with E-state index in [-0.39, 0.29) is 0 Å². The van der Waals surface area contributed by atoms with Crippen molar-refractivity contribution in [2.24, 2.45) is 0 Å². The second-order valence-corrected chi connectivity index (χ2v) is 17.7. The SMILES string of the molecule is c1ccc(-c2ccc(-c3cc(-c4ccc(-c5nc6ccccc6c6cc7c(cc56)-c5ccccc5C75c6ccccc6Sc6ccccc65)cc4)nc(-c4ccccc4)n3)cc2)cc1. The van der Waals surface area contributed by atoms with E-state index in [1.165, 1.54) is 59.7 Å². The van der Waals surface area contributed by atoms with Gasteiger partial charge in [-0.2, -0.15) is 0 Å². The van der Waals surface area contributed by atoms with Crippen LogP contribution in [0.5, 0.6) is 0 Å². The second-order valence-electron chi connectivity index (χ2n) is 16.7. The molecule has 64 heavy (non-hydrogen) atoms. The molecule has 0 radical (unpaired) electrons. The molecule has 1 aliphatic heterocycles. The third-order valence-corrected chi connectivity index (χ3v) is 14.3. The molecule has 1 aliphatic carbocycles. The van der Waals surface area contributed by atoms with Crippen molar-refractivity contribution in [2.75, 3.05) is 0 Å². The van der Waals surface area contributed by atoms with Crippen molar-refractivity contribution in [3.63, 3.8) is 0 Å². The number of nitrogens with zero attached hydrogens (tertiary/aromatic N) is 3. The average Bonchev–Trinajstić information content (AvgIpc) is 3.65. The third kappa shape index (κ3) is 5.66. The van der Waals surface area contributed by atoms with Gasteiger partial charge in [-0.25, -0.2) is 15.0 Å². The van der Waals surface area contributed by atoms with Crippen LogP contribution in [0.3, 0.4) is 0 Å². The zero-order valence-electron chi connectivity index (χ0n) is 34.6. The van der Waals surface area contributed by atoms with Crippen molar-refractivity contribution in [3.8, 4) is 67.4 Å². The molecule has 0 bridgehead atoms. The van der Waals surface area contributed by atoms with Crippen LogP contribution in [0.4, 0.5) is 0 Å². The van der Waals surface area contributed by atoms with Gasteiger partial charge in [-0.1, -0.05) is 200 Å². The first-order chi connectivity index (χ1) is 31.7. The van der Waals surface area contributed by atoms with Gasteiger partial charge >= 0.3 is 0 Å². The van der Waals surface area contributed by atoms with E-state index in [0.717, 1.165) is 55.6 Å². The molecule has 0 unspecified atom stereocenters. The van der Waals surface area contributed by atoms with Crippen LogP contribution in [0.1, 0.15) is 22.3 Å². The maximum atomic E-state index is 5.44. The summed E-state index contributed by atoms with van der Waals surface area (Å²) < 4.78 is 0. The lowest BCUT2D eigenvalue weighted by atomic mass is 9.67. The Hall–Kier alpha value is -7.92. The summed E-state index contributed by atoms with van der Waals surface area (Å²) in [5.41, 5.74) is 17.5. The first-order valence-electron chi connectivity index (χ1n) is 21.8. The summed E-state index contributed by atoms with van der Waals surface area (Å²) in [6.07, 6.45) is 0. The molecule has 1 spiro atoms. The molecule has 0 saturated carbocycles. The van der Waals surface area contributed by atoms with Crippen molar-refractivity contribution in [3.05, 3.63) is 247 Å². The highest BCUT2D eigenvalue weighted by molar-refractivity contribution is 7.99. The number of rotatable bonds is 5. The van der Waals surface area contributed by atoms with Gasteiger partial charge < -0.3 is 0 Å². The predicted octanol–water partition coefficient (Wildman–Crippen LogP) is 15.3. The molecule has 3 heterocycles. The van der Waals surface area contributed by atoms with Crippen molar-refractivity contribution >= 4 is 33.4 Å². The van der Waals surface area contributed by atoms with Crippen LogP contribution in [0.2, 0.25) is 0 Å². The molecule has 0 N–H and O–H groups in total. The Morgan fingerprint density at radius 3 is 1.50 bits per heavy atom. The Morgan fingerprint density at radius 1 is 0.312 bits per heavy atom. The quantitative estimate of drug-likeness (QED) is 0.162. The molecule has 0 saturated heterocycles. The van der Waals surface area contributed by atoms with Gasteiger partial charge in [0.1, 0.15) is 0 Å². The van der Waals surface area contributed by atoms with E-state index in [4.69, 9.17) is 15.0 Å². The zero-order valence-corrected chi connectivity index (χ0v) is 35.4. The lowest BCUT2D eigenvalue weighted by Crippen LogP contribution is -2.31. The molecule has 13 rings (SSSR count). The maximum absolute atomic E-state index is 5.44. The van der Waals surface area contributed by atoms with Crippen molar-refractivity contribution in [2.45, 2.75) is 15.2 Å². The van der Waals surface area contributed by atoms with Crippen LogP contribution in [-0.2, 0) is 5.41 Å². The molecule has 0 atom stereocenters. The van der Waals surface area contributed by atoms with Crippen LogP contribution < -0.4 is 0 Å². The van der Waals surface area contributed by atoms with Gasteiger partial charge in [-0.15, -0.1) is 0 Å². The Kier molecular flexibility index (Phi) is 8.37.